The van der Waals surface area contributed by atoms with Gasteiger partial charge in [0.25, 0.3) is 0 Å². The molecule has 4 aromatic rings. The van der Waals surface area contributed by atoms with Crippen molar-refractivity contribution in [2.75, 3.05) is 83.6 Å². The number of nitrogens with one attached hydrogen (secondary N) is 9. The summed E-state index contributed by atoms with van der Waals surface area (Å²) < 4.78 is 0. The first-order valence-electron chi connectivity index (χ1n) is 31.2. The van der Waals surface area contributed by atoms with E-state index in [-0.39, 0.29) is 70.6 Å². The van der Waals surface area contributed by atoms with E-state index in [4.69, 9.17) is 5.73 Å². The van der Waals surface area contributed by atoms with E-state index in [2.05, 4.69) is 47.5 Å². The normalized spacial score (nSPS) is 19.8. The summed E-state index contributed by atoms with van der Waals surface area (Å²) in [5.74, 6) is -13.8. The summed E-state index contributed by atoms with van der Waals surface area (Å²) in [4.78, 5) is 171. The third-order valence-corrected chi connectivity index (χ3v) is 17.8. The van der Waals surface area contributed by atoms with Gasteiger partial charge in [0.1, 0.15) is 42.3 Å². The molecule has 3 unspecified atom stereocenters. The number of aliphatic carboxylic acids is 4. The summed E-state index contributed by atoms with van der Waals surface area (Å²) >= 11 is 0. The van der Waals surface area contributed by atoms with Crippen LogP contribution in [0.4, 0.5) is 0 Å². The fourth-order valence-corrected chi connectivity index (χ4v) is 12.6. The fourth-order valence-electron chi connectivity index (χ4n) is 10.3. The van der Waals surface area contributed by atoms with Crippen molar-refractivity contribution in [2.24, 2.45) is 5.73 Å². The zero-order valence-corrected chi connectivity index (χ0v) is 55.3. The van der Waals surface area contributed by atoms with Crippen molar-refractivity contribution in [3.63, 3.8) is 0 Å². The molecule has 0 radical (unpaired) electrons. The van der Waals surface area contributed by atoms with Crippen LogP contribution in [0.5, 0.6) is 0 Å². The molecule has 18 N–H and O–H groups in total. The molecule has 8 amide bonds. The topological polar surface area (TPSA) is 494 Å². The Morgan fingerprint density at radius 2 is 1.10 bits per heavy atom. The van der Waals surface area contributed by atoms with Crippen LogP contribution in [0.2, 0.25) is 0 Å². The largest absolute Gasteiger partial charge is 0.480 e. The lowest BCUT2D eigenvalue weighted by atomic mass is 10.0. The van der Waals surface area contributed by atoms with E-state index in [0.717, 1.165) is 31.4 Å². The van der Waals surface area contributed by atoms with E-state index in [1.807, 2.05) is 0 Å². The van der Waals surface area contributed by atoms with Crippen LogP contribution in [0.3, 0.4) is 0 Å². The number of hydrogen-bond donors (Lipinski definition) is 17. The third-order valence-electron chi connectivity index (χ3n) is 15.4. The summed E-state index contributed by atoms with van der Waals surface area (Å²) in [7, 11) is 1.77. The van der Waals surface area contributed by atoms with E-state index in [1.54, 1.807) is 91.1 Å². The minimum absolute atomic E-state index is 0.0513. The van der Waals surface area contributed by atoms with Gasteiger partial charge in [-0.15, -0.1) is 0 Å². The number of carboxylic acid groups (broad SMARTS) is 4. The summed E-state index contributed by atoms with van der Waals surface area (Å²) in [5.41, 5.74) is 8.10. The maximum atomic E-state index is 15.2. The Morgan fingerprint density at radius 3 is 1.68 bits per heavy atom. The van der Waals surface area contributed by atoms with Gasteiger partial charge in [0, 0.05) is 74.0 Å². The van der Waals surface area contributed by atoms with Gasteiger partial charge in [-0.3, -0.25) is 72.2 Å². The SMILES string of the molecule is C[C@@H](O)C1NC(=O)[C@H](CCCCN)NC(=O)[C@@H](Cc2c[nH]c3ccccc23)NC(=O)C(Cc2ccccc2)NC(=O)[C@@H](NC(=O)[C@H](Cc2ccccc2)NC(=O)CN(CCN(CCN(CC(=O)O)CC(=O)O)CC(=O)O)CC(=O)O)CSSCC(C(=O)N[C@H](CO)[C@@H](C)O)NC1=O. The zero-order chi connectivity index (χ0) is 71.1. The number of carboxylic acids is 4. The van der Waals surface area contributed by atoms with Crippen molar-refractivity contribution in [3.8, 4) is 0 Å². The van der Waals surface area contributed by atoms with Crippen molar-refractivity contribution in [2.45, 2.75) is 113 Å². The first-order chi connectivity index (χ1) is 46.2. The summed E-state index contributed by atoms with van der Waals surface area (Å²) in [5, 5.41) is 91.6. The standard InChI is InChI=1S/C63H87N13O19S2/c1-37(78)48(34-77)70-62(94)50-36-97-96-35-49(71-58(90)45(25-39-13-5-3-6-14-39)66-51(80)29-75(31-53(83)84)23-21-74(30-52(81)82)22-24-76(32-54(85)86)33-55(87)88)61(93)68-46(26-40-15-7-4-8-16-40)59(91)69-47(27-41-28-65-43-18-10-9-17-42(41)43)60(92)67-44(19-11-12-20-64)57(89)73-56(38(2)79)63(95)72-50/h3-10,13-18,28,37-38,44-50,56,65,77-79H,11-12,19-27,29-36,64H2,1-2H3,(H,66,80)(H,67,92)(H,68,93)(H,69,91)(H,70,94)(H,71,90)(H,72,95)(H,73,89)(H,81,82)(H,83,84)(H,85,86)(H,87,88)/t37-,38-,44+,45+,46?,47-,48-,49+,50?,56?/m1/s1. The average Bonchev–Trinajstić information content (AvgIpc) is 1.76. The van der Waals surface area contributed by atoms with Crippen LogP contribution in [0.1, 0.15) is 49.8 Å². The van der Waals surface area contributed by atoms with Crippen molar-refractivity contribution in [1.82, 2.24) is 62.2 Å². The van der Waals surface area contributed by atoms with Crippen LogP contribution >= 0.6 is 21.6 Å². The zero-order valence-electron chi connectivity index (χ0n) is 53.6. The molecule has 34 heteroatoms. The number of fused-ring (bicyclic) bond motifs is 1. The number of rotatable bonds is 34. The molecular weight excluding hydrogens is 1310 g/mol. The van der Waals surface area contributed by atoms with Crippen LogP contribution in [0.15, 0.2) is 91.1 Å². The Kier molecular flexibility index (Phi) is 33.2. The van der Waals surface area contributed by atoms with Crippen molar-refractivity contribution in [3.05, 3.63) is 108 Å². The molecule has 97 heavy (non-hydrogen) atoms. The number of hydrogen-bond acceptors (Lipinski definition) is 21. The fraction of sp³-hybridized carbons (Fsp3) is 0.492. The molecule has 530 valence electrons. The second-order valence-electron chi connectivity index (χ2n) is 23.3. The number of aromatic amines is 1. The number of benzene rings is 3. The minimum Gasteiger partial charge on any atom is -0.480 e. The number of carbonyl (C=O) groups is 12. The van der Waals surface area contributed by atoms with E-state index in [9.17, 15) is 83.7 Å². The highest BCUT2D eigenvalue weighted by atomic mass is 33.1. The van der Waals surface area contributed by atoms with Crippen molar-refractivity contribution >= 4 is 104 Å². The van der Waals surface area contributed by atoms with Crippen LogP contribution in [-0.4, -0.2) is 271 Å². The van der Waals surface area contributed by atoms with E-state index < -0.39 is 177 Å². The molecule has 5 rings (SSSR count). The Bertz CT molecular complexity index is 3280. The predicted molar refractivity (Wildman–Crippen MR) is 356 cm³/mol. The van der Waals surface area contributed by atoms with Crippen LogP contribution in [-0.2, 0) is 76.8 Å². The number of para-hydroxylation sites is 1. The molecule has 0 aliphatic carbocycles. The van der Waals surface area contributed by atoms with Gasteiger partial charge >= 0.3 is 23.9 Å². The maximum absolute atomic E-state index is 15.2. The molecule has 1 saturated heterocycles. The van der Waals surface area contributed by atoms with E-state index >= 15 is 9.59 Å². The Hall–Kier alpha value is -8.74. The minimum atomic E-state index is -1.78. The molecule has 1 aliphatic heterocycles. The molecule has 1 aliphatic rings. The second kappa shape index (κ2) is 40.7. The van der Waals surface area contributed by atoms with Crippen LogP contribution < -0.4 is 48.3 Å². The van der Waals surface area contributed by atoms with Crippen LogP contribution in [0, 0.1) is 0 Å². The second-order valence-corrected chi connectivity index (χ2v) is 25.8. The molecule has 0 spiro atoms. The Labute approximate surface area is 566 Å². The lowest BCUT2D eigenvalue weighted by Crippen LogP contribution is -2.62. The van der Waals surface area contributed by atoms with Gasteiger partial charge in [0.2, 0.25) is 47.3 Å². The highest BCUT2D eigenvalue weighted by Crippen LogP contribution is 2.25. The number of nitrogens with zero attached hydrogens (tertiary/aromatic N) is 3. The van der Waals surface area contributed by atoms with Gasteiger partial charge in [-0.05, 0) is 62.4 Å². The number of unbranched alkanes of at least 4 members (excludes halogenated alkanes) is 1. The van der Waals surface area contributed by atoms with Crippen molar-refractivity contribution < 1.29 is 93.3 Å². The molecule has 10 atom stereocenters. The monoisotopic (exact) mass is 1390 g/mol. The smallest absolute Gasteiger partial charge is 0.317 e. The summed E-state index contributed by atoms with van der Waals surface area (Å²) in [6, 6.07) is 11.7. The summed E-state index contributed by atoms with van der Waals surface area (Å²) in [6.45, 7) is -2.46. The number of aliphatic hydroxyl groups is 3. The lowest BCUT2D eigenvalue weighted by molar-refractivity contribution is -0.143. The van der Waals surface area contributed by atoms with Gasteiger partial charge in [-0.1, -0.05) is 100 Å². The Balaban J connectivity index is 1.57. The van der Waals surface area contributed by atoms with E-state index in [0.29, 0.717) is 34.0 Å². The van der Waals surface area contributed by atoms with Gasteiger partial charge in [-0.2, -0.15) is 0 Å². The number of amides is 8. The van der Waals surface area contributed by atoms with Gasteiger partial charge in [-0.25, -0.2) is 0 Å². The highest BCUT2D eigenvalue weighted by Gasteiger charge is 2.37. The number of nitrogens with two attached hydrogens (primary N) is 1. The van der Waals surface area contributed by atoms with Crippen molar-refractivity contribution in [1.29, 1.82) is 0 Å². The van der Waals surface area contributed by atoms with E-state index in [1.165, 1.54) is 18.7 Å². The maximum Gasteiger partial charge on any atom is 0.317 e. The quantitative estimate of drug-likeness (QED) is 0.0160. The first-order valence-corrected chi connectivity index (χ1v) is 33.7. The lowest BCUT2D eigenvalue weighted by Gasteiger charge is -2.29. The molecule has 2 heterocycles. The average molecular weight is 1390 g/mol. The molecule has 1 fully saturated rings. The first kappa shape index (κ1) is 79.0. The molecule has 0 bridgehead atoms. The van der Waals surface area contributed by atoms with Gasteiger partial charge in [0.15, 0.2) is 0 Å². The van der Waals surface area contributed by atoms with Gasteiger partial charge < -0.3 is 89.0 Å². The molecule has 32 nitrogen and oxygen atoms in total. The number of aliphatic hydroxyl groups excluding tert-OH is 3. The molecule has 0 saturated carbocycles. The number of H-pyrrole nitrogens is 1. The molecule has 1 aromatic heterocycles. The molecule has 3 aromatic carbocycles. The third kappa shape index (κ3) is 27.7. The summed E-state index contributed by atoms with van der Waals surface area (Å²) in [6.07, 6.45) is -1.31. The van der Waals surface area contributed by atoms with Crippen LogP contribution in [0.25, 0.3) is 10.9 Å². The number of carbonyl (C=O) groups excluding carboxylic acids is 8. The molecular formula is C63H87N13O19S2. The number of aromatic nitrogens is 1. The predicted octanol–water partition coefficient (Wildman–Crippen LogP) is -3.40. The highest BCUT2D eigenvalue weighted by molar-refractivity contribution is 8.76. The Morgan fingerprint density at radius 1 is 0.588 bits per heavy atom. The van der Waals surface area contributed by atoms with Gasteiger partial charge in [0.05, 0.1) is 57.6 Å².